The standard InChI is InChI=1S/C17H20N2O2S/c1-3-14-12-9-11-22-16(12)8-10-19(14)17(20)18-13-6-4-5-7-15(13)21-2/h4-7,9,11,14H,3,8,10H2,1-2H3,(H,18,20)/t14-/m0/s1. The molecule has 2 heterocycles. The molecule has 3 rings (SSSR count). The Bertz CT molecular complexity index is 668. The molecular formula is C17H20N2O2S. The molecule has 0 unspecified atom stereocenters. The number of fused-ring (bicyclic) bond motifs is 1. The normalized spacial score (nSPS) is 17.0. The molecule has 0 bridgehead atoms. The summed E-state index contributed by atoms with van der Waals surface area (Å²) in [5.74, 6) is 0.678. The Hall–Kier alpha value is -2.01. The lowest BCUT2D eigenvalue weighted by Crippen LogP contribution is -2.41. The molecule has 0 spiro atoms. The Balaban J connectivity index is 1.80. The van der Waals surface area contributed by atoms with Crippen LogP contribution >= 0.6 is 11.3 Å². The first-order valence-electron chi connectivity index (χ1n) is 7.51. The molecule has 0 fully saturated rings. The SMILES string of the molecule is CC[C@H]1c2ccsc2CCN1C(=O)Nc1ccccc1OC. The van der Waals surface area contributed by atoms with E-state index in [-0.39, 0.29) is 12.1 Å². The van der Waals surface area contributed by atoms with Crippen LogP contribution in [0.1, 0.15) is 29.8 Å². The minimum atomic E-state index is -0.0619. The van der Waals surface area contributed by atoms with Crippen molar-refractivity contribution in [3.63, 3.8) is 0 Å². The number of nitrogens with one attached hydrogen (secondary N) is 1. The van der Waals surface area contributed by atoms with Crippen molar-refractivity contribution in [1.82, 2.24) is 4.90 Å². The molecule has 1 aliphatic rings. The number of amides is 2. The van der Waals surface area contributed by atoms with Crippen LogP contribution in [0.15, 0.2) is 35.7 Å². The summed E-state index contributed by atoms with van der Waals surface area (Å²) in [4.78, 5) is 16.0. The lowest BCUT2D eigenvalue weighted by Gasteiger charge is -2.35. The van der Waals surface area contributed by atoms with Gasteiger partial charge in [-0.15, -0.1) is 11.3 Å². The van der Waals surface area contributed by atoms with Gasteiger partial charge in [-0.2, -0.15) is 0 Å². The maximum absolute atomic E-state index is 12.7. The summed E-state index contributed by atoms with van der Waals surface area (Å²) in [5, 5.41) is 5.10. The quantitative estimate of drug-likeness (QED) is 0.917. The van der Waals surface area contributed by atoms with E-state index in [4.69, 9.17) is 4.74 Å². The van der Waals surface area contributed by atoms with E-state index in [1.165, 1.54) is 10.4 Å². The van der Waals surface area contributed by atoms with Gasteiger partial charge < -0.3 is 15.0 Å². The lowest BCUT2D eigenvalue weighted by molar-refractivity contribution is 0.181. The van der Waals surface area contributed by atoms with Gasteiger partial charge in [0.15, 0.2) is 0 Å². The summed E-state index contributed by atoms with van der Waals surface area (Å²) >= 11 is 1.79. The lowest BCUT2D eigenvalue weighted by atomic mass is 9.98. The molecule has 0 saturated carbocycles. The fourth-order valence-corrected chi connectivity index (χ4v) is 3.94. The van der Waals surface area contributed by atoms with Crippen molar-refractivity contribution in [1.29, 1.82) is 0 Å². The van der Waals surface area contributed by atoms with Crippen molar-refractivity contribution in [3.05, 3.63) is 46.2 Å². The highest BCUT2D eigenvalue weighted by atomic mass is 32.1. The maximum atomic E-state index is 12.7. The maximum Gasteiger partial charge on any atom is 0.322 e. The first-order valence-corrected chi connectivity index (χ1v) is 8.39. The Morgan fingerprint density at radius 1 is 1.41 bits per heavy atom. The molecule has 22 heavy (non-hydrogen) atoms. The number of nitrogens with zero attached hydrogens (tertiary/aromatic N) is 1. The molecule has 5 heteroatoms. The van der Waals surface area contributed by atoms with Crippen LogP contribution in [-0.4, -0.2) is 24.6 Å². The summed E-state index contributed by atoms with van der Waals surface area (Å²) < 4.78 is 5.30. The van der Waals surface area contributed by atoms with Crippen LogP contribution in [-0.2, 0) is 6.42 Å². The Morgan fingerprint density at radius 2 is 2.23 bits per heavy atom. The van der Waals surface area contributed by atoms with E-state index < -0.39 is 0 Å². The summed E-state index contributed by atoms with van der Waals surface area (Å²) in [7, 11) is 1.61. The Labute approximate surface area is 134 Å². The number of para-hydroxylation sites is 2. The number of hydrogen-bond donors (Lipinski definition) is 1. The highest BCUT2D eigenvalue weighted by Crippen LogP contribution is 2.35. The van der Waals surface area contributed by atoms with Crippen LogP contribution in [0.3, 0.4) is 0 Å². The van der Waals surface area contributed by atoms with Crippen LogP contribution in [0, 0.1) is 0 Å². The Morgan fingerprint density at radius 3 is 3.00 bits per heavy atom. The predicted molar refractivity (Wildman–Crippen MR) is 89.8 cm³/mol. The number of ether oxygens (including phenoxy) is 1. The van der Waals surface area contributed by atoms with Gasteiger partial charge in [-0.05, 0) is 42.0 Å². The van der Waals surface area contributed by atoms with Gasteiger partial charge in [0.05, 0.1) is 18.8 Å². The minimum Gasteiger partial charge on any atom is -0.495 e. The molecule has 1 atom stereocenters. The molecule has 2 aromatic rings. The zero-order chi connectivity index (χ0) is 15.5. The molecule has 2 amide bonds. The van der Waals surface area contributed by atoms with Gasteiger partial charge in [0.25, 0.3) is 0 Å². The molecule has 0 saturated heterocycles. The fourth-order valence-electron chi connectivity index (χ4n) is 3.01. The smallest absolute Gasteiger partial charge is 0.322 e. The number of hydrogen-bond acceptors (Lipinski definition) is 3. The molecule has 0 radical (unpaired) electrons. The van der Waals surface area contributed by atoms with Crippen molar-refractivity contribution < 1.29 is 9.53 Å². The van der Waals surface area contributed by atoms with E-state index >= 15 is 0 Å². The second-order valence-corrected chi connectivity index (χ2v) is 6.30. The molecule has 116 valence electrons. The summed E-state index contributed by atoms with van der Waals surface area (Å²) in [6.45, 7) is 2.88. The number of carbonyl (C=O) groups is 1. The minimum absolute atomic E-state index is 0.0619. The van der Waals surface area contributed by atoms with Crippen molar-refractivity contribution in [2.24, 2.45) is 0 Å². The van der Waals surface area contributed by atoms with Gasteiger partial charge in [0.2, 0.25) is 0 Å². The van der Waals surface area contributed by atoms with Gasteiger partial charge in [0.1, 0.15) is 5.75 Å². The van der Waals surface area contributed by atoms with Crippen molar-refractivity contribution in [3.8, 4) is 5.75 Å². The average Bonchev–Trinajstić information content (AvgIpc) is 3.02. The zero-order valence-corrected chi connectivity index (χ0v) is 13.7. The van der Waals surface area contributed by atoms with Crippen LogP contribution in [0.5, 0.6) is 5.75 Å². The second kappa shape index (κ2) is 6.40. The van der Waals surface area contributed by atoms with Gasteiger partial charge in [-0.1, -0.05) is 19.1 Å². The summed E-state index contributed by atoms with van der Waals surface area (Å²) in [6.07, 6.45) is 1.85. The van der Waals surface area contributed by atoms with Crippen LogP contribution in [0.25, 0.3) is 0 Å². The van der Waals surface area contributed by atoms with Gasteiger partial charge in [0, 0.05) is 11.4 Å². The van der Waals surface area contributed by atoms with E-state index in [0.29, 0.717) is 11.4 Å². The average molecular weight is 316 g/mol. The number of thiophene rings is 1. The molecule has 0 aliphatic carbocycles. The fraction of sp³-hybridized carbons (Fsp3) is 0.353. The van der Waals surface area contributed by atoms with E-state index in [9.17, 15) is 4.79 Å². The van der Waals surface area contributed by atoms with Crippen molar-refractivity contribution in [2.75, 3.05) is 19.0 Å². The molecule has 1 aromatic heterocycles. The third-order valence-corrected chi connectivity index (χ3v) is 5.09. The monoisotopic (exact) mass is 316 g/mol. The zero-order valence-electron chi connectivity index (χ0n) is 12.8. The van der Waals surface area contributed by atoms with Crippen LogP contribution in [0.2, 0.25) is 0 Å². The van der Waals surface area contributed by atoms with E-state index in [1.54, 1.807) is 18.4 Å². The first kappa shape index (κ1) is 14.9. The van der Waals surface area contributed by atoms with Crippen molar-refractivity contribution in [2.45, 2.75) is 25.8 Å². The largest absolute Gasteiger partial charge is 0.495 e. The summed E-state index contributed by atoms with van der Waals surface area (Å²) in [6, 6.07) is 9.73. The molecule has 4 nitrogen and oxygen atoms in total. The van der Waals surface area contributed by atoms with Crippen LogP contribution < -0.4 is 10.1 Å². The number of carbonyl (C=O) groups excluding carboxylic acids is 1. The summed E-state index contributed by atoms with van der Waals surface area (Å²) in [5.41, 5.74) is 2.01. The van der Waals surface area contributed by atoms with E-state index in [1.807, 2.05) is 29.2 Å². The number of urea groups is 1. The highest BCUT2D eigenvalue weighted by molar-refractivity contribution is 7.10. The predicted octanol–water partition coefficient (Wildman–Crippen LogP) is 4.30. The highest BCUT2D eigenvalue weighted by Gasteiger charge is 2.30. The topological polar surface area (TPSA) is 41.6 Å². The van der Waals surface area contributed by atoms with E-state index in [0.717, 1.165) is 19.4 Å². The first-order chi connectivity index (χ1) is 10.7. The number of rotatable bonds is 3. The van der Waals surface area contributed by atoms with Gasteiger partial charge in [-0.3, -0.25) is 0 Å². The molecule has 1 N–H and O–H groups in total. The number of benzene rings is 1. The number of anilines is 1. The molecular weight excluding hydrogens is 296 g/mol. The Kier molecular flexibility index (Phi) is 4.34. The van der Waals surface area contributed by atoms with Gasteiger partial charge in [-0.25, -0.2) is 4.79 Å². The van der Waals surface area contributed by atoms with Crippen molar-refractivity contribution >= 4 is 23.1 Å². The molecule has 1 aromatic carbocycles. The molecule has 1 aliphatic heterocycles. The number of methoxy groups -OCH3 is 1. The van der Waals surface area contributed by atoms with Crippen LogP contribution in [0.4, 0.5) is 10.5 Å². The second-order valence-electron chi connectivity index (χ2n) is 5.30. The van der Waals surface area contributed by atoms with Gasteiger partial charge >= 0.3 is 6.03 Å². The van der Waals surface area contributed by atoms with E-state index in [2.05, 4.69) is 23.7 Å². The third kappa shape index (κ3) is 2.68. The third-order valence-electron chi connectivity index (χ3n) is 4.09.